The maximum atomic E-state index is 6.32. The number of nitrogens with two attached hydrogens (primary N) is 1. The highest BCUT2D eigenvalue weighted by atomic mass is 15.3. The van der Waals surface area contributed by atoms with Gasteiger partial charge in [-0.2, -0.15) is 5.10 Å². The van der Waals surface area contributed by atoms with Crippen molar-refractivity contribution in [3.05, 3.63) is 36.2 Å². The van der Waals surface area contributed by atoms with Gasteiger partial charge in [-0.1, -0.05) is 0 Å². The van der Waals surface area contributed by atoms with Crippen molar-refractivity contribution >= 4 is 0 Å². The minimum Gasteiger partial charge on any atom is -0.337 e. The molecule has 3 rings (SSSR count). The quantitative estimate of drug-likeness (QED) is 0.875. The van der Waals surface area contributed by atoms with Gasteiger partial charge in [-0.25, -0.2) is 4.98 Å². The van der Waals surface area contributed by atoms with Crippen molar-refractivity contribution < 1.29 is 0 Å². The summed E-state index contributed by atoms with van der Waals surface area (Å²) in [5.74, 6) is 0.385. The van der Waals surface area contributed by atoms with Crippen LogP contribution in [0.5, 0.6) is 0 Å². The molecule has 3 heterocycles. The molecule has 1 aliphatic rings. The summed E-state index contributed by atoms with van der Waals surface area (Å²) in [6, 6.07) is 0.193. The predicted molar refractivity (Wildman–Crippen MR) is 82.0 cm³/mol. The van der Waals surface area contributed by atoms with E-state index in [1.807, 2.05) is 30.5 Å². The standard InChI is InChI=1S/C15H24N6/c1-3-21-8-12(6-18-21)4-5-20-9-13(14(16)10-20)15-7-17-11-19(15)2/h6-8,11,13-14H,3-5,9-10,16H2,1-2H3/t13-,14-/m1/s1. The van der Waals surface area contributed by atoms with Crippen molar-refractivity contribution in [2.24, 2.45) is 12.8 Å². The molecule has 0 radical (unpaired) electrons. The molecule has 1 saturated heterocycles. The fourth-order valence-electron chi connectivity index (χ4n) is 3.13. The van der Waals surface area contributed by atoms with Gasteiger partial charge in [0.1, 0.15) is 0 Å². The SMILES string of the molecule is CCn1cc(CCN2C[C@@H](N)[C@H](c3cncn3C)C2)cn1. The van der Waals surface area contributed by atoms with Crippen LogP contribution in [0.15, 0.2) is 24.9 Å². The molecule has 0 bridgehead atoms. The van der Waals surface area contributed by atoms with E-state index in [0.717, 1.165) is 32.6 Å². The van der Waals surface area contributed by atoms with E-state index >= 15 is 0 Å². The maximum Gasteiger partial charge on any atom is 0.0945 e. The summed E-state index contributed by atoms with van der Waals surface area (Å²) in [6.07, 6.45) is 8.93. The maximum absolute atomic E-state index is 6.32. The van der Waals surface area contributed by atoms with E-state index in [2.05, 4.69) is 32.7 Å². The summed E-state index contributed by atoms with van der Waals surface area (Å²) < 4.78 is 4.06. The van der Waals surface area contributed by atoms with Crippen molar-refractivity contribution in [1.82, 2.24) is 24.2 Å². The first-order valence-corrected chi connectivity index (χ1v) is 7.63. The molecule has 0 spiro atoms. The minimum atomic E-state index is 0.193. The summed E-state index contributed by atoms with van der Waals surface area (Å²) >= 11 is 0. The summed E-state index contributed by atoms with van der Waals surface area (Å²) in [7, 11) is 2.04. The third kappa shape index (κ3) is 3.01. The summed E-state index contributed by atoms with van der Waals surface area (Å²) in [5.41, 5.74) is 8.86. The molecule has 1 fully saturated rings. The Kier molecular flexibility index (Phi) is 4.07. The molecule has 1 aliphatic heterocycles. The molecule has 0 amide bonds. The first-order valence-electron chi connectivity index (χ1n) is 7.63. The Labute approximate surface area is 125 Å². The van der Waals surface area contributed by atoms with Crippen LogP contribution < -0.4 is 5.73 Å². The first kappa shape index (κ1) is 14.3. The van der Waals surface area contributed by atoms with Gasteiger partial charge in [-0.3, -0.25) is 4.68 Å². The normalized spacial score (nSPS) is 23.0. The number of hydrogen-bond donors (Lipinski definition) is 1. The second-order valence-corrected chi connectivity index (χ2v) is 5.91. The van der Waals surface area contributed by atoms with Gasteiger partial charge in [0.25, 0.3) is 0 Å². The van der Waals surface area contributed by atoms with Crippen LogP contribution in [0.2, 0.25) is 0 Å². The largest absolute Gasteiger partial charge is 0.337 e. The number of aromatic nitrogens is 4. The van der Waals surface area contributed by atoms with Gasteiger partial charge in [-0.15, -0.1) is 0 Å². The van der Waals surface area contributed by atoms with E-state index in [4.69, 9.17) is 5.73 Å². The molecule has 2 aromatic rings. The molecule has 2 atom stereocenters. The number of rotatable bonds is 5. The number of likely N-dealkylation sites (tertiary alicyclic amines) is 1. The van der Waals surface area contributed by atoms with Crippen LogP contribution >= 0.6 is 0 Å². The summed E-state index contributed by atoms with van der Waals surface area (Å²) in [4.78, 5) is 6.66. The van der Waals surface area contributed by atoms with E-state index < -0.39 is 0 Å². The van der Waals surface area contributed by atoms with Crippen LogP contribution in [-0.2, 0) is 20.0 Å². The number of imidazole rings is 1. The average Bonchev–Trinajstić information content (AvgIpc) is 3.16. The van der Waals surface area contributed by atoms with Crippen LogP contribution in [0.3, 0.4) is 0 Å². The van der Waals surface area contributed by atoms with Crippen LogP contribution in [0.25, 0.3) is 0 Å². The zero-order valence-corrected chi connectivity index (χ0v) is 12.8. The van der Waals surface area contributed by atoms with Crippen molar-refractivity contribution in [1.29, 1.82) is 0 Å². The third-order valence-corrected chi connectivity index (χ3v) is 4.40. The van der Waals surface area contributed by atoms with Crippen LogP contribution in [0.1, 0.15) is 24.1 Å². The Balaban J connectivity index is 1.57. The number of nitrogens with zero attached hydrogens (tertiary/aromatic N) is 5. The van der Waals surface area contributed by atoms with Crippen LogP contribution in [0.4, 0.5) is 0 Å². The lowest BCUT2D eigenvalue weighted by molar-refractivity contribution is 0.335. The predicted octanol–water partition coefficient (Wildman–Crippen LogP) is 0.606. The van der Waals surface area contributed by atoms with Gasteiger partial charge in [0.05, 0.1) is 12.5 Å². The number of aryl methyl sites for hydroxylation is 2. The van der Waals surface area contributed by atoms with Gasteiger partial charge in [-0.05, 0) is 18.9 Å². The van der Waals surface area contributed by atoms with Crippen LogP contribution in [0, 0.1) is 0 Å². The van der Waals surface area contributed by atoms with E-state index in [0.29, 0.717) is 5.92 Å². The fraction of sp³-hybridized carbons (Fsp3) is 0.600. The van der Waals surface area contributed by atoms with E-state index in [9.17, 15) is 0 Å². The zero-order valence-electron chi connectivity index (χ0n) is 12.8. The monoisotopic (exact) mass is 288 g/mol. The lowest BCUT2D eigenvalue weighted by atomic mass is 10.0. The highest BCUT2D eigenvalue weighted by molar-refractivity contribution is 5.14. The summed E-state index contributed by atoms with van der Waals surface area (Å²) in [5, 5.41) is 4.32. The molecule has 114 valence electrons. The van der Waals surface area contributed by atoms with E-state index in [-0.39, 0.29) is 6.04 Å². The van der Waals surface area contributed by atoms with Crippen molar-refractivity contribution in [3.8, 4) is 0 Å². The van der Waals surface area contributed by atoms with E-state index in [1.165, 1.54) is 11.3 Å². The molecule has 2 N–H and O–H groups in total. The van der Waals surface area contributed by atoms with E-state index in [1.54, 1.807) is 0 Å². The van der Waals surface area contributed by atoms with Gasteiger partial charge < -0.3 is 15.2 Å². The molecule has 21 heavy (non-hydrogen) atoms. The molecule has 0 aromatic carbocycles. The highest BCUT2D eigenvalue weighted by Gasteiger charge is 2.32. The summed E-state index contributed by atoms with van der Waals surface area (Å²) in [6.45, 7) is 6.05. The Bertz CT molecular complexity index is 587. The smallest absolute Gasteiger partial charge is 0.0945 e. The van der Waals surface area contributed by atoms with Gasteiger partial charge in [0.2, 0.25) is 0 Å². The molecule has 0 unspecified atom stereocenters. The number of hydrogen-bond acceptors (Lipinski definition) is 4. The Morgan fingerprint density at radius 2 is 2.19 bits per heavy atom. The Morgan fingerprint density at radius 1 is 1.33 bits per heavy atom. The van der Waals surface area contributed by atoms with Crippen LogP contribution in [-0.4, -0.2) is 49.9 Å². The van der Waals surface area contributed by atoms with Gasteiger partial charge in [0.15, 0.2) is 0 Å². The molecule has 0 saturated carbocycles. The average molecular weight is 288 g/mol. The molecule has 6 heteroatoms. The lowest BCUT2D eigenvalue weighted by Gasteiger charge is -2.15. The van der Waals surface area contributed by atoms with Crippen molar-refractivity contribution in [2.75, 3.05) is 19.6 Å². The zero-order chi connectivity index (χ0) is 14.8. The molecular weight excluding hydrogens is 264 g/mol. The van der Waals surface area contributed by atoms with Gasteiger partial charge in [0, 0.05) is 63.3 Å². The van der Waals surface area contributed by atoms with Crippen molar-refractivity contribution in [3.63, 3.8) is 0 Å². The topological polar surface area (TPSA) is 64.9 Å². The Morgan fingerprint density at radius 3 is 2.86 bits per heavy atom. The van der Waals surface area contributed by atoms with Gasteiger partial charge >= 0.3 is 0 Å². The lowest BCUT2D eigenvalue weighted by Crippen LogP contribution is -2.30. The second kappa shape index (κ2) is 5.99. The first-order chi connectivity index (χ1) is 10.2. The molecule has 6 nitrogen and oxygen atoms in total. The Hall–Kier alpha value is -1.66. The minimum absolute atomic E-state index is 0.193. The molecule has 0 aliphatic carbocycles. The molecular formula is C15H24N6. The highest BCUT2D eigenvalue weighted by Crippen LogP contribution is 2.25. The third-order valence-electron chi connectivity index (χ3n) is 4.40. The molecule has 2 aromatic heterocycles. The van der Waals surface area contributed by atoms with Crippen molar-refractivity contribution in [2.45, 2.75) is 31.8 Å². The second-order valence-electron chi connectivity index (χ2n) is 5.91. The fourth-order valence-corrected chi connectivity index (χ4v) is 3.13.